The minimum Gasteiger partial charge on any atom is -0.455 e. The fourth-order valence-electron chi connectivity index (χ4n) is 7.89. The van der Waals surface area contributed by atoms with Gasteiger partial charge in [-0.05, 0) is 73.6 Å². The Hall–Kier alpha value is -7.17. The maximum Gasteiger partial charge on any atom is 0.164 e. The van der Waals surface area contributed by atoms with E-state index >= 15 is 0 Å². The molecule has 11 rings (SSSR count). The Balaban J connectivity index is 1.09. The second-order valence-electron chi connectivity index (χ2n) is 13.6. The van der Waals surface area contributed by atoms with Gasteiger partial charge in [0, 0.05) is 38.4 Å². The van der Waals surface area contributed by atoms with Crippen molar-refractivity contribution in [3.63, 3.8) is 0 Å². The number of rotatable bonds is 4. The summed E-state index contributed by atoms with van der Waals surface area (Å²) in [4.78, 5) is 15.3. The standard InChI is InChI=1S/C49H29N3O/c1-2-12-31(13-3-1)47-50-48(52-49(51-47)44-29-33-15-6-7-16-37(33)40-17-8-9-18-41(40)44)36-24-25-39-35(28-36)23-26-43-42-20-10-19-38(45(42)53-46(39)43)34-22-21-30-11-4-5-14-32(30)27-34/h1-29H. The Morgan fingerprint density at radius 1 is 0.283 bits per heavy atom. The molecule has 9 aromatic carbocycles. The lowest BCUT2D eigenvalue weighted by molar-refractivity contribution is 0.674. The van der Waals surface area contributed by atoms with E-state index in [1.54, 1.807) is 0 Å². The van der Waals surface area contributed by atoms with Crippen LogP contribution in [0.2, 0.25) is 0 Å². The van der Waals surface area contributed by atoms with Crippen LogP contribution in [-0.2, 0) is 0 Å². The van der Waals surface area contributed by atoms with Crippen molar-refractivity contribution in [2.45, 2.75) is 0 Å². The van der Waals surface area contributed by atoms with Crippen molar-refractivity contribution in [3.05, 3.63) is 176 Å². The second-order valence-corrected chi connectivity index (χ2v) is 13.6. The van der Waals surface area contributed by atoms with Crippen LogP contribution in [0.15, 0.2) is 180 Å². The third-order valence-electron chi connectivity index (χ3n) is 10.5. The molecule has 0 spiro atoms. The third kappa shape index (κ3) is 4.80. The number of furan rings is 1. The monoisotopic (exact) mass is 675 g/mol. The summed E-state index contributed by atoms with van der Waals surface area (Å²) in [5.41, 5.74) is 6.82. The lowest BCUT2D eigenvalue weighted by atomic mass is 9.97. The molecule has 0 amide bonds. The van der Waals surface area contributed by atoms with Crippen molar-refractivity contribution in [1.82, 2.24) is 15.0 Å². The quantitative estimate of drug-likeness (QED) is 0.174. The molecule has 0 saturated heterocycles. The molecule has 0 unspecified atom stereocenters. The molecule has 0 fully saturated rings. The lowest BCUT2D eigenvalue weighted by Gasteiger charge is -2.12. The highest BCUT2D eigenvalue weighted by atomic mass is 16.3. The minimum atomic E-state index is 0.622. The summed E-state index contributed by atoms with van der Waals surface area (Å²) in [6.07, 6.45) is 0. The van der Waals surface area contributed by atoms with Crippen molar-refractivity contribution in [2.24, 2.45) is 0 Å². The number of benzene rings is 9. The number of nitrogens with zero attached hydrogens (tertiary/aromatic N) is 3. The van der Waals surface area contributed by atoms with Gasteiger partial charge in [-0.25, -0.2) is 15.0 Å². The highest BCUT2D eigenvalue weighted by Gasteiger charge is 2.18. The fourth-order valence-corrected chi connectivity index (χ4v) is 7.89. The third-order valence-corrected chi connectivity index (χ3v) is 10.5. The number of hydrogen-bond donors (Lipinski definition) is 0. The maximum atomic E-state index is 6.80. The lowest BCUT2D eigenvalue weighted by Crippen LogP contribution is -2.00. The van der Waals surface area contributed by atoms with E-state index in [1.165, 1.54) is 21.5 Å². The summed E-state index contributed by atoms with van der Waals surface area (Å²) < 4.78 is 6.80. The molecule has 0 N–H and O–H groups in total. The first-order valence-electron chi connectivity index (χ1n) is 17.9. The smallest absolute Gasteiger partial charge is 0.164 e. The molecule has 0 aliphatic heterocycles. The van der Waals surface area contributed by atoms with Gasteiger partial charge in [0.2, 0.25) is 0 Å². The topological polar surface area (TPSA) is 51.8 Å². The van der Waals surface area contributed by atoms with Crippen molar-refractivity contribution < 1.29 is 4.42 Å². The molecule has 2 heterocycles. The van der Waals surface area contributed by atoms with Gasteiger partial charge in [0.15, 0.2) is 17.5 Å². The van der Waals surface area contributed by atoms with Crippen LogP contribution in [0, 0.1) is 0 Å². The molecule has 4 nitrogen and oxygen atoms in total. The Morgan fingerprint density at radius 2 is 0.868 bits per heavy atom. The van der Waals surface area contributed by atoms with Crippen molar-refractivity contribution in [3.8, 4) is 45.3 Å². The molecule has 4 heteroatoms. The Labute approximate surface area is 304 Å². The van der Waals surface area contributed by atoms with Crippen LogP contribution < -0.4 is 0 Å². The molecular formula is C49H29N3O. The van der Waals surface area contributed by atoms with E-state index in [1.807, 2.05) is 30.3 Å². The molecule has 0 atom stereocenters. The van der Waals surface area contributed by atoms with Crippen molar-refractivity contribution in [1.29, 1.82) is 0 Å². The van der Waals surface area contributed by atoms with Gasteiger partial charge in [0.05, 0.1) is 0 Å². The molecule has 2 aromatic heterocycles. The summed E-state index contributed by atoms with van der Waals surface area (Å²) >= 11 is 0. The fraction of sp³-hybridized carbons (Fsp3) is 0. The molecule has 0 saturated carbocycles. The van der Waals surface area contributed by atoms with E-state index in [-0.39, 0.29) is 0 Å². The molecule has 0 aliphatic carbocycles. The summed E-state index contributed by atoms with van der Waals surface area (Å²) in [7, 11) is 0. The summed E-state index contributed by atoms with van der Waals surface area (Å²) in [5, 5.41) is 11.4. The Morgan fingerprint density at radius 3 is 1.74 bits per heavy atom. The molecule has 11 aromatic rings. The van der Waals surface area contributed by atoms with Crippen LogP contribution in [0.1, 0.15) is 0 Å². The zero-order chi connectivity index (χ0) is 34.9. The number of fused-ring (bicyclic) bond motifs is 9. The van der Waals surface area contributed by atoms with Gasteiger partial charge in [0.1, 0.15) is 11.2 Å². The Bertz CT molecular complexity index is 3240. The van der Waals surface area contributed by atoms with Crippen LogP contribution in [0.25, 0.3) is 110 Å². The first kappa shape index (κ1) is 29.5. The second kappa shape index (κ2) is 11.7. The predicted molar refractivity (Wildman–Crippen MR) is 219 cm³/mol. The number of para-hydroxylation sites is 1. The Kier molecular flexibility index (Phi) is 6.52. The first-order valence-corrected chi connectivity index (χ1v) is 17.9. The zero-order valence-electron chi connectivity index (χ0n) is 28.5. The molecule has 246 valence electrons. The normalized spacial score (nSPS) is 11.8. The maximum absolute atomic E-state index is 6.80. The number of hydrogen-bond acceptors (Lipinski definition) is 4. The zero-order valence-corrected chi connectivity index (χ0v) is 28.5. The molecule has 0 bridgehead atoms. The number of aromatic nitrogens is 3. The van der Waals surface area contributed by atoms with E-state index in [9.17, 15) is 0 Å². The molecule has 0 radical (unpaired) electrons. The average molecular weight is 676 g/mol. The summed E-state index contributed by atoms with van der Waals surface area (Å²) in [5.74, 6) is 1.90. The van der Waals surface area contributed by atoms with Crippen molar-refractivity contribution in [2.75, 3.05) is 0 Å². The van der Waals surface area contributed by atoms with Crippen LogP contribution in [0.4, 0.5) is 0 Å². The van der Waals surface area contributed by atoms with Crippen LogP contribution in [0.3, 0.4) is 0 Å². The van der Waals surface area contributed by atoms with Gasteiger partial charge >= 0.3 is 0 Å². The van der Waals surface area contributed by atoms with Gasteiger partial charge in [-0.3, -0.25) is 0 Å². The summed E-state index contributed by atoms with van der Waals surface area (Å²) in [6, 6.07) is 61.6. The van der Waals surface area contributed by atoms with E-state index < -0.39 is 0 Å². The van der Waals surface area contributed by atoms with Gasteiger partial charge < -0.3 is 4.42 Å². The first-order chi connectivity index (χ1) is 26.2. The van der Waals surface area contributed by atoms with Crippen LogP contribution in [-0.4, -0.2) is 15.0 Å². The molecular weight excluding hydrogens is 647 g/mol. The SMILES string of the molecule is c1ccc(-c2nc(-c3ccc4c(ccc5c6cccc(-c7ccc8ccccc8c7)c6oc45)c3)nc(-c3cc4ccccc4c4ccccc34)n2)cc1. The van der Waals surface area contributed by atoms with Crippen molar-refractivity contribution >= 4 is 65.0 Å². The van der Waals surface area contributed by atoms with Gasteiger partial charge in [-0.15, -0.1) is 0 Å². The van der Waals surface area contributed by atoms with Crippen LogP contribution in [0.5, 0.6) is 0 Å². The van der Waals surface area contributed by atoms with Gasteiger partial charge in [-0.1, -0.05) is 146 Å². The van der Waals surface area contributed by atoms with E-state index in [4.69, 9.17) is 19.4 Å². The average Bonchev–Trinajstić information content (AvgIpc) is 3.63. The highest BCUT2D eigenvalue weighted by Crippen LogP contribution is 2.41. The highest BCUT2D eigenvalue weighted by molar-refractivity contribution is 6.18. The predicted octanol–water partition coefficient (Wildman–Crippen LogP) is 13.1. The minimum absolute atomic E-state index is 0.622. The van der Waals surface area contributed by atoms with Gasteiger partial charge in [0.25, 0.3) is 0 Å². The van der Waals surface area contributed by atoms with E-state index in [0.717, 1.165) is 71.3 Å². The van der Waals surface area contributed by atoms with Gasteiger partial charge in [-0.2, -0.15) is 0 Å². The largest absolute Gasteiger partial charge is 0.455 e. The van der Waals surface area contributed by atoms with E-state index in [2.05, 4.69) is 146 Å². The molecule has 53 heavy (non-hydrogen) atoms. The van der Waals surface area contributed by atoms with E-state index in [0.29, 0.717) is 17.5 Å². The summed E-state index contributed by atoms with van der Waals surface area (Å²) in [6.45, 7) is 0. The molecule has 0 aliphatic rings. The van der Waals surface area contributed by atoms with Crippen LogP contribution >= 0.6 is 0 Å².